The second-order valence-corrected chi connectivity index (χ2v) is 7.19. The molecule has 0 spiro atoms. The van der Waals surface area contributed by atoms with E-state index >= 15 is 0 Å². The Labute approximate surface area is 149 Å². The van der Waals surface area contributed by atoms with Crippen LogP contribution in [0.5, 0.6) is 0 Å². The van der Waals surface area contributed by atoms with Gasteiger partial charge in [0.05, 0.1) is 0 Å². The van der Waals surface area contributed by atoms with Crippen molar-refractivity contribution >= 4 is 0 Å². The highest BCUT2D eigenvalue weighted by Crippen LogP contribution is 2.27. The number of halogens is 2. The van der Waals surface area contributed by atoms with E-state index < -0.39 is 11.6 Å². The highest BCUT2D eigenvalue weighted by Gasteiger charge is 2.12. The molecule has 1 unspecified atom stereocenters. The van der Waals surface area contributed by atoms with E-state index in [2.05, 4.69) is 24.0 Å². The van der Waals surface area contributed by atoms with E-state index in [0.29, 0.717) is 11.5 Å². The Bertz CT molecular complexity index is 673. The summed E-state index contributed by atoms with van der Waals surface area (Å²) in [6, 6.07) is 11.8. The van der Waals surface area contributed by atoms with Crippen LogP contribution >= 0.6 is 0 Å². The molecule has 1 fully saturated rings. The van der Waals surface area contributed by atoms with E-state index in [1.54, 1.807) is 0 Å². The van der Waals surface area contributed by atoms with Gasteiger partial charge in [-0.2, -0.15) is 0 Å². The molecule has 134 valence electrons. The molecule has 1 aliphatic heterocycles. The van der Waals surface area contributed by atoms with Crippen LogP contribution in [-0.4, -0.2) is 24.5 Å². The molecule has 1 aliphatic rings. The first kappa shape index (κ1) is 18.1. The van der Waals surface area contributed by atoms with Crippen molar-refractivity contribution in [2.45, 2.75) is 44.9 Å². The van der Waals surface area contributed by atoms with Gasteiger partial charge < -0.3 is 4.90 Å². The molecular weight excluding hydrogens is 316 g/mol. The highest BCUT2D eigenvalue weighted by atomic mass is 19.1. The van der Waals surface area contributed by atoms with Gasteiger partial charge in [0.2, 0.25) is 0 Å². The lowest BCUT2D eigenvalue weighted by Crippen LogP contribution is -2.26. The van der Waals surface area contributed by atoms with Gasteiger partial charge in [-0.05, 0) is 68.1 Å². The third-order valence-electron chi connectivity index (χ3n) is 5.30. The van der Waals surface area contributed by atoms with Crippen LogP contribution in [0.2, 0.25) is 0 Å². The van der Waals surface area contributed by atoms with E-state index in [0.717, 1.165) is 24.6 Å². The summed E-state index contributed by atoms with van der Waals surface area (Å²) in [6.07, 6.45) is 6.53. The molecule has 0 amide bonds. The fourth-order valence-corrected chi connectivity index (χ4v) is 3.62. The topological polar surface area (TPSA) is 3.24 Å². The normalized spacial score (nSPS) is 17.2. The number of likely N-dealkylation sites (tertiary alicyclic amines) is 1. The third-order valence-corrected chi connectivity index (χ3v) is 5.30. The third kappa shape index (κ3) is 4.88. The standard InChI is InChI=1S/C22H27F2N/c1-17(12-15-25-13-4-2-3-5-14-25)18-6-8-19(9-7-18)21-11-10-20(23)16-22(21)24/h6-11,16-17H,2-5,12-15H2,1H3. The Balaban J connectivity index is 1.61. The molecule has 1 nitrogen and oxygen atoms in total. The molecule has 3 heteroatoms. The first-order valence-corrected chi connectivity index (χ1v) is 9.41. The smallest absolute Gasteiger partial charge is 0.133 e. The van der Waals surface area contributed by atoms with Crippen molar-refractivity contribution in [1.29, 1.82) is 0 Å². The number of nitrogens with zero attached hydrogens (tertiary/aromatic N) is 1. The van der Waals surface area contributed by atoms with Crippen molar-refractivity contribution in [3.05, 3.63) is 59.7 Å². The van der Waals surface area contributed by atoms with E-state index in [-0.39, 0.29) is 0 Å². The van der Waals surface area contributed by atoms with Crippen LogP contribution in [0.15, 0.2) is 42.5 Å². The van der Waals surface area contributed by atoms with Crippen molar-refractivity contribution in [3.8, 4) is 11.1 Å². The molecule has 0 aliphatic carbocycles. The van der Waals surface area contributed by atoms with Crippen LogP contribution in [0, 0.1) is 11.6 Å². The lowest BCUT2D eigenvalue weighted by atomic mass is 9.95. The average Bonchev–Trinajstić information content (AvgIpc) is 2.89. The zero-order chi connectivity index (χ0) is 17.6. The highest BCUT2D eigenvalue weighted by molar-refractivity contribution is 5.64. The Hall–Kier alpha value is -1.74. The van der Waals surface area contributed by atoms with E-state index in [4.69, 9.17) is 0 Å². The second-order valence-electron chi connectivity index (χ2n) is 7.19. The molecule has 0 aromatic heterocycles. The van der Waals surface area contributed by atoms with Crippen LogP contribution in [0.3, 0.4) is 0 Å². The van der Waals surface area contributed by atoms with Crippen molar-refractivity contribution in [1.82, 2.24) is 4.90 Å². The van der Waals surface area contributed by atoms with Gasteiger partial charge in [-0.1, -0.05) is 44.0 Å². The Morgan fingerprint density at radius 1 is 0.920 bits per heavy atom. The Morgan fingerprint density at radius 3 is 2.24 bits per heavy atom. The summed E-state index contributed by atoms with van der Waals surface area (Å²) in [5, 5.41) is 0. The van der Waals surface area contributed by atoms with Crippen LogP contribution in [0.25, 0.3) is 11.1 Å². The van der Waals surface area contributed by atoms with E-state index in [1.165, 1.54) is 56.5 Å². The number of hydrogen-bond acceptors (Lipinski definition) is 1. The summed E-state index contributed by atoms with van der Waals surface area (Å²) in [4.78, 5) is 2.59. The summed E-state index contributed by atoms with van der Waals surface area (Å²) < 4.78 is 27.0. The Morgan fingerprint density at radius 2 is 1.60 bits per heavy atom. The van der Waals surface area contributed by atoms with Crippen molar-refractivity contribution < 1.29 is 8.78 Å². The molecule has 0 saturated carbocycles. The van der Waals surface area contributed by atoms with Gasteiger partial charge in [0.25, 0.3) is 0 Å². The van der Waals surface area contributed by atoms with Gasteiger partial charge in [-0.3, -0.25) is 0 Å². The molecule has 3 rings (SSSR count). The van der Waals surface area contributed by atoms with Crippen molar-refractivity contribution in [3.63, 3.8) is 0 Å². The minimum Gasteiger partial charge on any atom is -0.303 e. The molecule has 1 heterocycles. The zero-order valence-electron chi connectivity index (χ0n) is 15.0. The van der Waals surface area contributed by atoms with Gasteiger partial charge in [0.1, 0.15) is 11.6 Å². The monoisotopic (exact) mass is 343 g/mol. The van der Waals surface area contributed by atoms with Crippen molar-refractivity contribution in [2.24, 2.45) is 0 Å². The SMILES string of the molecule is CC(CCN1CCCCCC1)c1ccc(-c2ccc(F)cc2F)cc1. The fraction of sp³-hybridized carbons (Fsp3) is 0.455. The molecular formula is C22H27F2N. The maximum Gasteiger partial charge on any atom is 0.133 e. The van der Waals surface area contributed by atoms with Crippen LogP contribution in [0.4, 0.5) is 8.78 Å². The lowest BCUT2D eigenvalue weighted by Gasteiger charge is -2.22. The molecule has 25 heavy (non-hydrogen) atoms. The fourth-order valence-electron chi connectivity index (χ4n) is 3.62. The van der Waals surface area contributed by atoms with Crippen LogP contribution < -0.4 is 0 Å². The number of hydrogen-bond donors (Lipinski definition) is 0. The molecule has 1 saturated heterocycles. The van der Waals surface area contributed by atoms with Crippen LogP contribution in [0.1, 0.15) is 50.5 Å². The molecule has 0 N–H and O–H groups in total. The molecule has 1 atom stereocenters. The molecule has 2 aromatic rings. The predicted molar refractivity (Wildman–Crippen MR) is 99.7 cm³/mol. The molecule has 2 aromatic carbocycles. The minimum absolute atomic E-state index is 0.449. The van der Waals surface area contributed by atoms with E-state index in [9.17, 15) is 8.78 Å². The quantitative estimate of drug-likeness (QED) is 0.643. The predicted octanol–water partition coefficient (Wildman–Crippen LogP) is 6.00. The van der Waals surface area contributed by atoms with Gasteiger partial charge in [-0.25, -0.2) is 8.78 Å². The molecule has 0 radical (unpaired) electrons. The van der Waals surface area contributed by atoms with Crippen molar-refractivity contribution in [2.75, 3.05) is 19.6 Å². The summed E-state index contributed by atoms with van der Waals surface area (Å²) >= 11 is 0. The summed E-state index contributed by atoms with van der Waals surface area (Å²) in [5.74, 6) is -0.572. The lowest BCUT2D eigenvalue weighted by molar-refractivity contribution is 0.275. The maximum atomic E-state index is 13.9. The van der Waals surface area contributed by atoms with Crippen LogP contribution in [-0.2, 0) is 0 Å². The minimum atomic E-state index is -0.542. The second kappa shape index (κ2) is 8.57. The first-order valence-electron chi connectivity index (χ1n) is 9.41. The largest absolute Gasteiger partial charge is 0.303 e. The number of benzene rings is 2. The molecule has 0 bridgehead atoms. The summed E-state index contributed by atoms with van der Waals surface area (Å²) in [6.45, 7) is 5.87. The van der Waals surface area contributed by atoms with Gasteiger partial charge in [0, 0.05) is 11.6 Å². The summed E-state index contributed by atoms with van der Waals surface area (Å²) in [5.41, 5.74) is 2.52. The first-order chi connectivity index (χ1) is 12.1. The van der Waals surface area contributed by atoms with Gasteiger partial charge >= 0.3 is 0 Å². The van der Waals surface area contributed by atoms with E-state index in [1.807, 2.05) is 12.1 Å². The number of rotatable bonds is 5. The zero-order valence-corrected chi connectivity index (χ0v) is 15.0. The maximum absolute atomic E-state index is 13.9. The van der Waals surface area contributed by atoms with Gasteiger partial charge in [-0.15, -0.1) is 0 Å². The average molecular weight is 343 g/mol. The summed E-state index contributed by atoms with van der Waals surface area (Å²) in [7, 11) is 0. The van der Waals surface area contributed by atoms with Gasteiger partial charge in [0.15, 0.2) is 0 Å². The Kier molecular flexibility index (Phi) is 6.19.